The van der Waals surface area contributed by atoms with Gasteiger partial charge in [0.1, 0.15) is 17.5 Å². The van der Waals surface area contributed by atoms with Crippen LogP contribution >= 0.6 is 11.6 Å². The van der Waals surface area contributed by atoms with Crippen LogP contribution in [0.3, 0.4) is 0 Å². The monoisotopic (exact) mass is 729 g/mol. The van der Waals surface area contributed by atoms with Crippen molar-refractivity contribution < 1.29 is 38.3 Å². The van der Waals surface area contributed by atoms with Crippen molar-refractivity contribution in [2.45, 2.75) is 136 Å². The van der Waals surface area contributed by atoms with Gasteiger partial charge in [-0.05, 0) is 43.6 Å². The SMILES string of the molecule is CCC[C@H](CC(=O)[C@@H]1C[C@]2(CC(c3cc(Cl)c(OCC)cc3OC)=NO2)CN1C(=O)[C@@H](NC(=O)CC1CCCCC1)C(C)(C)C)C(=O)C(=O)CC. The molecule has 1 saturated carbocycles. The van der Waals surface area contributed by atoms with E-state index in [9.17, 15) is 24.0 Å². The third kappa shape index (κ3) is 9.70. The maximum Gasteiger partial charge on any atom is 0.246 e. The Morgan fingerprint density at radius 2 is 1.78 bits per heavy atom. The number of hydrogen-bond acceptors (Lipinski definition) is 9. The van der Waals surface area contributed by atoms with Crippen molar-refractivity contribution in [3.05, 3.63) is 22.7 Å². The lowest BCUT2D eigenvalue weighted by atomic mass is 9.83. The topological polar surface area (TPSA) is 141 Å². The van der Waals surface area contributed by atoms with Crippen molar-refractivity contribution >= 4 is 46.5 Å². The number of carbonyl (C=O) groups is 5. The van der Waals surface area contributed by atoms with Gasteiger partial charge in [-0.1, -0.05) is 77.1 Å². The lowest BCUT2D eigenvalue weighted by Crippen LogP contribution is -2.57. The Labute approximate surface area is 307 Å². The molecule has 1 aromatic carbocycles. The first-order valence-corrected chi connectivity index (χ1v) is 19.0. The van der Waals surface area contributed by atoms with Gasteiger partial charge >= 0.3 is 0 Å². The summed E-state index contributed by atoms with van der Waals surface area (Å²) in [5, 5.41) is 7.85. The van der Waals surface area contributed by atoms with Crippen LogP contribution in [0.5, 0.6) is 11.5 Å². The van der Waals surface area contributed by atoms with E-state index in [4.69, 9.17) is 25.9 Å². The Kier molecular flexibility index (Phi) is 13.7. The van der Waals surface area contributed by atoms with Gasteiger partial charge in [-0.25, -0.2) is 0 Å². The van der Waals surface area contributed by atoms with Gasteiger partial charge in [0, 0.05) is 49.7 Å². The molecule has 0 radical (unpaired) electrons. The Balaban J connectivity index is 1.65. The molecule has 51 heavy (non-hydrogen) atoms. The molecule has 1 saturated heterocycles. The predicted molar refractivity (Wildman–Crippen MR) is 195 cm³/mol. The van der Waals surface area contributed by atoms with E-state index in [0.717, 1.165) is 25.7 Å². The number of benzene rings is 1. The minimum absolute atomic E-state index is 0.0354. The molecule has 2 amide bonds. The predicted octanol–water partition coefficient (Wildman–Crippen LogP) is 6.64. The number of oxime groups is 1. The van der Waals surface area contributed by atoms with E-state index in [1.165, 1.54) is 18.4 Å². The van der Waals surface area contributed by atoms with Crippen LogP contribution in [0.4, 0.5) is 0 Å². The molecule has 282 valence electrons. The van der Waals surface area contributed by atoms with Gasteiger partial charge in [0.2, 0.25) is 17.6 Å². The number of Topliss-reactive ketones (excluding diaryl/α,β-unsaturated/α-hetero) is 3. The Hall–Kier alpha value is -3.47. The third-order valence-electron chi connectivity index (χ3n) is 10.4. The largest absolute Gasteiger partial charge is 0.496 e. The molecular weight excluding hydrogens is 674 g/mol. The minimum Gasteiger partial charge on any atom is -0.496 e. The van der Waals surface area contributed by atoms with Gasteiger partial charge in [0.15, 0.2) is 17.2 Å². The van der Waals surface area contributed by atoms with Crippen molar-refractivity contribution in [3.8, 4) is 11.5 Å². The van der Waals surface area contributed by atoms with Crippen molar-refractivity contribution in [1.82, 2.24) is 10.2 Å². The zero-order chi connectivity index (χ0) is 37.5. The Bertz CT molecular complexity index is 1500. The highest BCUT2D eigenvalue weighted by atomic mass is 35.5. The molecule has 0 aromatic heterocycles. The summed E-state index contributed by atoms with van der Waals surface area (Å²) in [7, 11) is 1.53. The van der Waals surface area contributed by atoms with Crippen LogP contribution in [0.15, 0.2) is 17.3 Å². The average molecular weight is 730 g/mol. The molecule has 2 heterocycles. The van der Waals surface area contributed by atoms with E-state index < -0.39 is 46.5 Å². The first kappa shape index (κ1) is 40.3. The van der Waals surface area contributed by atoms with E-state index in [1.807, 2.05) is 34.6 Å². The number of carbonyl (C=O) groups excluding carboxylic acids is 5. The van der Waals surface area contributed by atoms with Crippen LogP contribution in [0.2, 0.25) is 5.02 Å². The summed E-state index contributed by atoms with van der Waals surface area (Å²) in [6, 6.07) is 1.52. The first-order chi connectivity index (χ1) is 24.2. The van der Waals surface area contributed by atoms with Crippen molar-refractivity contribution in [2.75, 3.05) is 20.3 Å². The molecule has 4 rings (SSSR count). The molecule has 11 nitrogen and oxygen atoms in total. The number of ether oxygens (including phenoxy) is 2. The molecule has 1 aromatic rings. The first-order valence-electron chi connectivity index (χ1n) is 18.6. The van der Waals surface area contributed by atoms with Crippen LogP contribution < -0.4 is 14.8 Å². The number of methoxy groups -OCH3 is 1. The molecule has 2 aliphatic heterocycles. The summed E-state index contributed by atoms with van der Waals surface area (Å²) >= 11 is 6.55. The Morgan fingerprint density at radius 3 is 2.39 bits per heavy atom. The number of nitrogens with one attached hydrogen (secondary N) is 1. The number of ketones is 3. The second-order valence-corrected chi connectivity index (χ2v) is 15.9. The van der Waals surface area contributed by atoms with E-state index in [1.54, 1.807) is 19.1 Å². The number of likely N-dealkylation sites (tertiary alicyclic amines) is 1. The lowest BCUT2D eigenvalue weighted by Gasteiger charge is -2.36. The van der Waals surface area contributed by atoms with Crippen molar-refractivity contribution in [3.63, 3.8) is 0 Å². The molecule has 0 unspecified atom stereocenters. The molecule has 2 fully saturated rings. The fraction of sp³-hybridized carbons (Fsp3) is 0.692. The van der Waals surface area contributed by atoms with Gasteiger partial charge in [-0.3, -0.25) is 24.0 Å². The summed E-state index contributed by atoms with van der Waals surface area (Å²) in [6.45, 7) is 11.5. The smallest absolute Gasteiger partial charge is 0.246 e. The van der Waals surface area contributed by atoms with Gasteiger partial charge in [0.25, 0.3) is 0 Å². The molecular formula is C39H56ClN3O8. The molecule has 1 N–H and O–H groups in total. The number of rotatable bonds is 16. The highest BCUT2D eigenvalue weighted by Gasteiger charge is 2.55. The summed E-state index contributed by atoms with van der Waals surface area (Å²) in [4.78, 5) is 75.5. The van der Waals surface area contributed by atoms with Crippen LogP contribution in [0.25, 0.3) is 0 Å². The zero-order valence-electron chi connectivity index (χ0n) is 31.4. The maximum absolute atomic E-state index is 14.7. The zero-order valence-corrected chi connectivity index (χ0v) is 32.2. The summed E-state index contributed by atoms with van der Waals surface area (Å²) in [5.41, 5.74) is -0.594. The molecule has 1 aliphatic carbocycles. The fourth-order valence-electron chi connectivity index (χ4n) is 7.67. The van der Waals surface area contributed by atoms with E-state index in [0.29, 0.717) is 53.7 Å². The van der Waals surface area contributed by atoms with E-state index in [2.05, 4.69) is 10.5 Å². The quantitative estimate of drug-likeness (QED) is 0.187. The summed E-state index contributed by atoms with van der Waals surface area (Å²) in [6.07, 6.45) is 6.98. The van der Waals surface area contributed by atoms with Crippen LogP contribution in [0.1, 0.15) is 124 Å². The number of halogens is 1. The highest BCUT2D eigenvalue weighted by molar-refractivity contribution is 6.38. The second-order valence-electron chi connectivity index (χ2n) is 15.5. The standard InChI is InChI=1S/C39H56ClN3O8/c1-8-14-25(35(47)30(44)9-2)18-31(45)29-22-39(21-28(42-51-39)26-19-27(40)33(50-10-3)20-32(26)49-7)23-43(29)37(48)36(38(4,5)6)41-34(46)17-24-15-12-11-13-16-24/h19-20,24-25,29,36H,8-18,21-23H2,1-7H3,(H,41,46)/t25-,29+,36-,39-/m1/s1. The Morgan fingerprint density at radius 1 is 1.08 bits per heavy atom. The normalized spacial score (nSPS) is 21.8. The second kappa shape index (κ2) is 17.4. The number of hydrogen-bond donors (Lipinski definition) is 1. The third-order valence-corrected chi connectivity index (χ3v) is 10.7. The minimum atomic E-state index is -1.06. The molecule has 3 aliphatic rings. The summed E-state index contributed by atoms with van der Waals surface area (Å²) < 4.78 is 11.3. The van der Waals surface area contributed by atoms with Gasteiger partial charge in [-0.2, -0.15) is 0 Å². The molecule has 0 bridgehead atoms. The van der Waals surface area contributed by atoms with Crippen LogP contribution in [-0.4, -0.2) is 77.7 Å². The highest BCUT2D eigenvalue weighted by Crippen LogP contribution is 2.43. The maximum atomic E-state index is 14.7. The molecule has 12 heteroatoms. The fourth-order valence-corrected chi connectivity index (χ4v) is 7.88. The average Bonchev–Trinajstić information content (AvgIpc) is 3.70. The van der Waals surface area contributed by atoms with Crippen LogP contribution in [-0.2, 0) is 28.8 Å². The number of amides is 2. The van der Waals surface area contributed by atoms with Gasteiger partial charge in [-0.15, -0.1) is 0 Å². The number of nitrogens with zero attached hydrogens (tertiary/aromatic N) is 2. The van der Waals surface area contributed by atoms with E-state index in [-0.39, 0.29) is 49.8 Å². The lowest BCUT2D eigenvalue weighted by molar-refractivity contribution is -0.145. The van der Waals surface area contributed by atoms with Crippen molar-refractivity contribution in [2.24, 2.45) is 22.4 Å². The van der Waals surface area contributed by atoms with Crippen LogP contribution in [0, 0.1) is 17.3 Å². The molecule has 1 spiro atoms. The van der Waals surface area contributed by atoms with E-state index >= 15 is 0 Å². The summed E-state index contributed by atoms with van der Waals surface area (Å²) in [5.74, 6) is -1.50. The van der Waals surface area contributed by atoms with Gasteiger partial charge in [0.05, 0.1) is 37.0 Å². The van der Waals surface area contributed by atoms with Gasteiger partial charge < -0.3 is 24.5 Å². The molecule has 4 atom stereocenters. The van der Waals surface area contributed by atoms with Crippen molar-refractivity contribution in [1.29, 1.82) is 0 Å².